The van der Waals surface area contributed by atoms with Crippen LogP contribution < -0.4 is 0 Å². The lowest BCUT2D eigenvalue weighted by atomic mass is 10.1. The molecule has 0 amide bonds. The predicted octanol–water partition coefficient (Wildman–Crippen LogP) is 1.79. The molecular weight excluding hydrogens is 196 g/mol. The van der Waals surface area contributed by atoms with Gasteiger partial charge in [0.05, 0.1) is 16.6 Å². The summed E-state index contributed by atoms with van der Waals surface area (Å²) in [5.41, 5.74) is 1.74. The molecule has 15 heavy (non-hydrogen) atoms. The van der Waals surface area contributed by atoms with Gasteiger partial charge in [-0.15, -0.1) is 0 Å². The largest absolute Gasteiger partial charge is 0.478 e. The molecule has 5 nitrogen and oxygen atoms in total. The van der Waals surface area contributed by atoms with E-state index in [1.165, 1.54) is 0 Å². The van der Waals surface area contributed by atoms with Crippen LogP contribution in [0.4, 0.5) is 0 Å². The van der Waals surface area contributed by atoms with E-state index in [9.17, 15) is 4.79 Å². The highest BCUT2D eigenvalue weighted by molar-refractivity contribution is 6.02. The minimum atomic E-state index is -0.983. The van der Waals surface area contributed by atoms with Crippen LogP contribution in [0.25, 0.3) is 11.1 Å². The average molecular weight is 206 g/mol. The Morgan fingerprint density at radius 2 is 2.33 bits per heavy atom. The normalized spacial score (nSPS) is 10.8. The molecule has 1 N–H and O–H groups in total. The van der Waals surface area contributed by atoms with Crippen LogP contribution in [-0.4, -0.2) is 21.2 Å². The molecule has 0 aromatic carbocycles. The van der Waals surface area contributed by atoms with Gasteiger partial charge in [0.1, 0.15) is 0 Å². The zero-order chi connectivity index (χ0) is 11.0. The first-order valence-electron chi connectivity index (χ1n) is 4.62. The van der Waals surface area contributed by atoms with Gasteiger partial charge in [-0.3, -0.25) is 0 Å². The molecule has 0 bridgehead atoms. The number of hydrogen-bond acceptors (Lipinski definition) is 4. The Bertz CT molecular complexity index is 531. The molecule has 0 saturated carbocycles. The van der Waals surface area contributed by atoms with Crippen LogP contribution in [0.15, 0.2) is 10.6 Å². The van der Waals surface area contributed by atoms with Crippen molar-refractivity contribution in [1.29, 1.82) is 0 Å². The average Bonchev–Trinajstić information content (AvgIpc) is 2.59. The lowest BCUT2D eigenvalue weighted by Crippen LogP contribution is -2.01. The summed E-state index contributed by atoms with van der Waals surface area (Å²) in [5, 5.41) is 13.2. The molecule has 0 aliphatic heterocycles. The molecular formula is C10H10N2O3. The van der Waals surface area contributed by atoms with Crippen LogP contribution >= 0.6 is 0 Å². The molecule has 2 aromatic heterocycles. The summed E-state index contributed by atoms with van der Waals surface area (Å²) < 4.78 is 4.96. The van der Waals surface area contributed by atoms with Gasteiger partial charge in [0.15, 0.2) is 0 Å². The van der Waals surface area contributed by atoms with Crippen molar-refractivity contribution in [3.63, 3.8) is 0 Å². The summed E-state index contributed by atoms with van der Waals surface area (Å²) in [5.74, 6) is -0.983. The second kappa shape index (κ2) is 3.34. The number of nitrogens with zero attached hydrogens (tertiary/aromatic N) is 2. The first kappa shape index (κ1) is 9.64. The lowest BCUT2D eigenvalue weighted by Gasteiger charge is -1.99. The summed E-state index contributed by atoms with van der Waals surface area (Å²) in [6, 6.07) is 1.56. The highest BCUT2D eigenvalue weighted by atomic mass is 16.5. The highest BCUT2D eigenvalue weighted by Crippen LogP contribution is 2.22. The van der Waals surface area contributed by atoms with Gasteiger partial charge in [0.25, 0.3) is 5.71 Å². The third-order valence-corrected chi connectivity index (χ3v) is 2.26. The number of carboxylic acids is 1. The van der Waals surface area contributed by atoms with Gasteiger partial charge < -0.3 is 9.63 Å². The van der Waals surface area contributed by atoms with Crippen molar-refractivity contribution >= 4 is 17.1 Å². The highest BCUT2D eigenvalue weighted by Gasteiger charge is 2.17. The molecule has 0 radical (unpaired) electrons. The van der Waals surface area contributed by atoms with E-state index in [4.69, 9.17) is 9.63 Å². The second-order valence-electron chi connectivity index (χ2n) is 3.27. The SMILES string of the molecule is CCc1cc(C(=O)O)c2c(C)noc2n1. The first-order valence-corrected chi connectivity index (χ1v) is 4.62. The summed E-state index contributed by atoms with van der Waals surface area (Å²) >= 11 is 0. The molecule has 0 spiro atoms. The lowest BCUT2D eigenvalue weighted by molar-refractivity contribution is 0.0698. The Hall–Kier alpha value is -1.91. The minimum absolute atomic E-state index is 0.204. The standard InChI is InChI=1S/C10H10N2O3/c1-3-6-4-7(10(13)14)8-5(2)12-15-9(8)11-6/h4H,3H2,1-2H3,(H,13,14). The number of aromatic carboxylic acids is 1. The van der Waals surface area contributed by atoms with Crippen molar-refractivity contribution in [3.05, 3.63) is 23.0 Å². The van der Waals surface area contributed by atoms with E-state index in [-0.39, 0.29) is 5.56 Å². The maximum atomic E-state index is 11.0. The molecule has 0 fully saturated rings. The maximum absolute atomic E-state index is 11.0. The van der Waals surface area contributed by atoms with Crippen molar-refractivity contribution in [2.24, 2.45) is 0 Å². The van der Waals surface area contributed by atoms with E-state index >= 15 is 0 Å². The Balaban J connectivity index is 2.83. The molecule has 0 aliphatic carbocycles. The van der Waals surface area contributed by atoms with Gasteiger partial charge in [0, 0.05) is 5.69 Å². The third kappa shape index (κ3) is 1.45. The molecule has 2 heterocycles. The summed E-state index contributed by atoms with van der Waals surface area (Å²) in [6.45, 7) is 3.61. The Morgan fingerprint density at radius 3 is 2.93 bits per heavy atom. The van der Waals surface area contributed by atoms with Crippen LogP contribution in [0.3, 0.4) is 0 Å². The fourth-order valence-corrected chi connectivity index (χ4v) is 1.50. The van der Waals surface area contributed by atoms with Crippen LogP contribution in [0.1, 0.15) is 28.7 Å². The van der Waals surface area contributed by atoms with Crippen molar-refractivity contribution in [1.82, 2.24) is 10.1 Å². The van der Waals surface area contributed by atoms with Crippen LogP contribution in [0.2, 0.25) is 0 Å². The second-order valence-corrected chi connectivity index (χ2v) is 3.27. The molecule has 5 heteroatoms. The van der Waals surface area contributed by atoms with E-state index in [1.54, 1.807) is 13.0 Å². The zero-order valence-electron chi connectivity index (χ0n) is 8.44. The predicted molar refractivity (Wildman–Crippen MR) is 52.9 cm³/mol. The van der Waals surface area contributed by atoms with Crippen molar-refractivity contribution in [2.75, 3.05) is 0 Å². The zero-order valence-corrected chi connectivity index (χ0v) is 8.44. The monoisotopic (exact) mass is 206 g/mol. The van der Waals surface area contributed by atoms with E-state index in [1.807, 2.05) is 6.92 Å². The fourth-order valence-electron chi connectivity index (χ4n) is 1.50. The van der Waals surface area contributed by atoms with Crippen molar-refractivity contribution in [3.8, 4) is 0 Å². The number of aryl methyl sites for hydroxylation is 2. The van der Waals surface area contributed by atoms with Gasteiger partial charge in [-0.05, 0) is 19.4 Å². The Labute approximate surface area is 85.7 Å². The van der Waals surface area contributed by atoms with Gasteiger partial charge in [-0.25, -0.2) is 9.78 Å². The summed E-state index contributed by atoms with van der Waals surface area (Å²) in [4.78, 5) is 15.2. The minimum Gasteiger partial charge on any atom is -0.478 e. The number of pyridine rings is 1. The summed E-state index contributed by atoms with van der Waals surface area (Å²) in [7, 11) is 0. The van der Waals surface area contributed by atoms with E-state index in [2.05, 4.69) is 10.1 Å². The Morgan fingerprint density at radius 1 is 1.60 bits per heavy atom. The van der Waals surface area contributed by atoms with E-state index in [0.717, 1.165) is 0 Å². The van der Waals surface area contributed by atoms with Gasteiger partial charge in [-0.2, -0.15) is 0 Å². The van der Waals surface area contributed by atoms with E-state index < -0.39 is 5.97 Å². The Kier molecular flexibility index (Phi) is 2.15. The van der Waals surface area contributed by atoms with Crippen molar-refractivity contribution in [2.45, 2.75) is 20.3 Å². The number of hydrogen-bond donors (Lipinski definition) is 1. The van der Waals surface area contributed by atoms with Crippen molar-refractivity contribution < 1.29 is 14.4 Å². The molecule has 2 rings (SSSR count). The number of rotatable bonds is 2. The maximum Gasteiger partial charge on any atom is 0.336 e. The summed E-state index contributed by atoms with van der Waals surface area (Å²) in [6.07, 6.45) is 0.663. The number of aromatic nitrogens is 2. The molecule has 0 saturated heterocycles. The molecule has 0 atom stereocenters. The number of carboxylic acid groups (broad SMARTS) is 1. The first-order chi connectivity index (χ1) is 7.13. The number of carbonyl (C=O) groups is 1. The van der Waals surface area contributed by atoms with Crippen LogP contribution in [0, 0.1) is 6.92 Å². The molecule has 2 aromatic rings. The van der Waals surface area contributed by atoms with Crippen LogP contribution in [-0.2, 0) is 6.42 Å². The molecule has 78 valence electrons. The quantitative estimate of drug-likeness (QED) is 0.810. The van der Waals surface area contributed by atoms with Gasteiger partial charge >= 0.3 is 5.97 Å². The number of fused-ring (bicyclic) bond motifs is 1. The van der Waals surface area contributed by atoms with Gasteiger partial charge in [-0.1, -0.05) is 12.1 Å². The molecule has 0 unspecified atom stereocenters. The van der Waals surface area contributed by atoms with Gasteiger partial charge in [0.2, 0.25) is 0 Å². The van der Waals surface area contributed by atoms with E-state index in [0.29, 0.717) is 28.9 Å². The van der Waals surface area contributed by atoms with Crippen LogP contribution in [0.5, 0.6) is 0 Å². The third-order valence-electron chi connectivity index (χ3n) is 2.26. The smallest absolute Gasteiger partial charge is 0.336 e. The topological polar surface area (TPSA) is 76.2 Å². The fraction of sp³-hybridized carbons (Fsp3) is 0.300. The molecule has 0 aliphatic rings.